The Hall–Kier alpha value is -3.41. The van der Waals surface area contributed by atoms with Gasteiger partial charge in [-0.05, 0) is 29.8 Å². The Kier molecular flexibility index (Phi) is 4.23. The maximum atomic E-state index is 13.1. The van der Waals surface area contributed by atoms with Crippen LogP contribution in [0.3, 0.4) is 0 Å². The minimum atomic E-state index is -0.246. The second kappa shape index (κ2) is 6.84. The number of nitrogens with one attached hydrogen (secondary N) is 1. The smallest absolute Gasteiger partial charge is 0.157 e. The zero-order valence-electron chi connectivity index (χ0n) is 14.2. The fourth-order valence-corrected chi connectivity index (χ4v) is 2.89. The SMILES string of the molecule is COc1ccccc1-c1nc2cnccn2c1NCc1ccc(F)cc1. The molecule has 0 saturated carbocycles. The molecule has 0 aliphatic rings. The molecule has 6 heteroatoms. The molecule has 4 rings (SSSR count). The van der Waals surface area contributed by atoms with E-state index in [9.17, 15) is 4.39 Å². The van der Waals surface area contributed by atoms with Crippen molar-refractivity contribution in [2.24, 2.45) is 0 Å². The van der Waals surface area contributed by atoms with Crippen LogP contribution in [0.4, 0.5) is 10.2 Å². The molecule has 0 amide bonds. The molecule has 0 unspecified atom stereocenters. The second-order valence-corrected chi connectivity index (χ2v) is 5.79. The van der Waals surface area contributed by atoms with Gasteiger partial charge in [0.1, 0.15) is 23.1 Å². The normalized spacial score (nSPS) is 10.8. The molecule has 0 atom stereocenters. The van der Waals surface area contributed by atoms with Gasteiger partial charge >= 0.3 is 0 Å². The minimum absolute atomic E-state index is 0.246. The van der Waals surface area contributed by atoms with E-state index >= 15 is 0 Å². The highest BCUT2D eigenvalue weighted by molar-refractivity contribution is 5.80. The molecule has 130 valence electrons. The van der Waals surface area contributed by atoms with Gasteiger partial charge in [0.25, 0.3) is 0 Å². The summed E-state index contributed by atoms with van der Waals surface area (Å²) < 4.78 is 20.6. The number of fused-ring (bicyclic) bond motifs is 1. The van der Waals surface area contributed by atoms with Gasteiger partial charge in [-0.3, -0.25) is 9.38 Å². The number of aromatic nitrogens is 3. The lowest BCUT2D eigenvalue weighted by atomic mass is 10.1. The number of para-hydroxylation sites is 1. The van der Waals surface area contributed by atoms with Gasteiger partial charge in [-0.2, -0.15) is 0 Å². The molecule has 0 aliphatic heterocycles. The molecule has 4 aromatic rings. The van der Waals surface area contributed by atoms with Crippen LogP contribution in [0.1, 0.15) is 5.56 Å². The molecule has 0 bridgehead atoms. The molecule has 0 radical (unpaired) electrons. The number of halogens is 1. The lowest BCUT2D eigenvalue weighted by molar-refractivity contribution is 0.416. The molecule has 2 aromatic heterocycles. The molecule has 2 aromatic carbocycles. The molecule has 1 N–H and O–H groups in total. The standard InChI is InChI=1S/C20H17FN4O/c1-26-17-5-3-2-4-16(17)19-20(25-11-10-22-13-18(25)24-19)23-12-14-6-8-15(21)9-7-14/h2-11,13,23H,12H2,1H3. The first-order valence-corrected chi connectivity index (χ1v) is 8.20. The number of methoxy groups -OCH3 is 1. The topological polar surface area (TPSA) is 51.5 Å². The number of nitrogens with zero attached hydrogens (tertiary/aromatic N) is 3. The Bertz CT molecular complexity index is 1040. The van der Waals surface area contributed by atoms with Crippen LogP contribution in [0.25, 0.3) is 16.9 Å². The number of rotatable bonds is 5. The zero-order valence-corrected chi connectivity index (χ0v) is 14.2. The zero-order chi connectivity index (χ0) is 17.9. The van der Waals surface area contributed by atoms with E-state index in [-0.39, 0.29) is 5.82 Å². The second-order valence-electron chi connectivity index (χ2n) is 5.79. The maximum Gasteiger partial charge on any atom is 0.157 e. The lowest BCUT2D eigenvalue weighted by Gasteiger charge is -2.11. The first kappa shape index (κ1) is 16.1. The molecule has 0 fully saturated rings. The van der Waals surface area contributed by atoms with E-state index in [0.717, 1.165) is 34.0 Å². The van der Waals surface area contributed by atoms with Crippen LogP contribution in [0.2, 0.25) is 0 Å². The third kappa shape index (κ3) is 2.97. The number of benzene rings is 2. The van der Waals surface area contributed by atoms with Crippen molar-refractivity contribution in [2.45, 2.75) is 6.54 Å². The third-order valence-corrected chi connectivity index (χ3v) is 4.17. The summed E-state index contributed by atoms with van der Waals surface area (Å²) in [5.41, 5.74) is 3.37. The molecule has 0 spiro atoms. The average molecular weight is 348 g/mol. The summed E-state index contributed by atoms with van der Waals surface area (Å²) in [7, 11) is 1.64. The number of hydrogen-bond acceptors (Lipinski definition) is 4. The molecule has 26 heavy (non-hydrogen) atoms. The summed E-state index contributed by atoms with van der Waals surface area (Å²) in [6, 6.07) is 14.2. The van der Waals surface area contributed by atoms with Gasteiger partial charge in [-0.25, -0.2) is 9.37 Å². The van der Waals surface area contributed by atoms with Crippen molar-refractivity contribution in [3.8, 4) is 17.0 Å². The molecule has 5 nitrogen and oxygen atoms in total. The van der Waals surface area contributed by atoms with E-state index < -0.39 is 0 Å². The quantitative estimate of drug-likeness (QED) is 0.588. The average Bonchev–Trinajstić information content (AvgIpc) is 3.06. The van der Waals surface area contributed by atoms with Gasteiger partial charge in [0.15, 0.2) is 5.65 Å². The first-order chi connectivity index (χ1) is 12.8. The molecule has 0 aliphatic carbocycles. The van der Waals surface area contributed by atoms with Gasteiger partial charge in [0, 0.05) is 24.5 Å². The number of hydrogen-bond donors (Lipinski definition) is 1. The molecular formula is C20H17FN4O. The Morgan fingerprint density at radius 3 is 2.73 bits per heavy atom. The van der Waals surface area contributed by atoms with Crippen molar-refractivity contribution < 1.29 is 9.13 Å². The van der Waals surface area contributed by atoms with Crippen molar-refractivity contribution in [1.82, 2.24) is 14.4 Å². The van der Waals surface area contributed by atoms with E-state index in [2.05, 4.69) is 10.3 Å². The van der Waals surface area contributed by atoms with E-state index in [1.165, 1.54) is 12.1 Å². The van der Waals surface area contributed by atoms with E-state index in [1.54, 1.807) is 31.6 Å². The van der Waals surface area contributed by atoms with Crippen LogP contribution >= 0.6 is 0 Å². The van der Waals surface area contributed by atoms with Crippen molar-refractivity contribution in [3.63, 3.8) is 0 Å². The van der Waals surface area contributed by atoms with Crippen LogP contribution in [-0.4, -0.2) is 21.5 Å². The predicted molar refractivity (Wildman–Crippen MR) is 98.7 cm³/mol. The van der Waals surface area contributed by atoms with Crippen LogP contribution in [0.5, 0.6) is 5.75 Å². The summed E-state index contributed by atoms with van der Waals surface area (Å²) in [6.45, 7) is 0.540. The minimum Gasteiger partial charge on any atom is -0.496 e. The van der Waals surface area contributed by atoms with E-state index in [0.29, 0.717) is 6.54 Å². The summed E-state index contributed by atoms with van der Waals surface area (Å²) in [6.07, 6.45) is 5.28. The molecule has 0 saturated heterocycles. The maximum absolute atomic E-state index is 13.1. The van der Waals surface area contributed by atoms with Crippen LogP contribution in [0.15, 0.2) is 67.1 Å². The first-order valence-electron chi connectivity index (χ1n) is 8.20. The fourth-order valence-electron chi connectivity index (χ4n) is 2.89. The van der Waals surface area contributed by atoms with Crippen LogP contribution in [0, 0.1) is 5.82 Å². The highest BCUT2D eigenvalue weighted by Gasteiger charge is 2.17. The Balaban J connectivity index is 1.78. The number of anilines is 1. The summed E-state index contributed by atoms with van der Waals surface area (Å²) in [5, 5.41) is 3.42. The van der Waals surface area contributed by atoms with Crippen LogP contribution < -0.4 is 10.1 Å². The van der Waals surface area contributed by atoms with Crippen molar-refractivity contribution in [1.29, 1.82) is 0 Å². The molecule has 2 heterocycles. The van der Waals surface area contributed by atoms with Crippen molar-refractivity contribution in [2.75, 3.05) is 12.4 Å². The highest BCUT2D eigenvalue weighted by atomic mass is 19.1. The third-order valence-electron chi connectivity index (χ3n) is 4.17. The Labute approximate surface area is 150 Å². The van der Waals surface area contributed by atoms with E-state index in [4.69, 9.17) is 9.72 Å². The Morgan fingerprint density at radius 2 is 1.92 bits per heavy atom. The van der Waals surface area contributed by atoms with E-state index in [1.807, 2.05) is 34.9 Å². The summed E-state index contributed by atoms with van der Waals surface area (Å²) >= 11 is 0. The predicted octanol–water partition coefficient (Wildman–Crippen LogP) is 4.16. The molecular weight excluding hydrogens is 331 g/mol. The van der Waals surface area contributed by atoms with Gasteiger partial charge in [-0.1, -0.05) is 24.3 Å². The Morgan fingerprint density at radius 1 is 1.12 bits per heavy atom. The van der Waals surface area contributed by atoms with Gasteiger partial charge < -0.3 is 10.1 Å². The number of imidazole rings is 1. The van der Waals surface area contributed by atoms with Crippen molar-refractivity contribution in [3.05, 3.63) is 78.5 Å². The van der Waals surface area contributed by atoms with Gasteiger partial charge in [0.2, 0.25) is 0 Å². The lowest BCUT2D eigenvalue weighted by Crippen LogP contribution is -2.04. The number of ether oxygens (including phenoxy) is 1. The summed E-state index contributed by atoms with van der Waals surface area (Å²) in [5.74, 6) is 1.33. The van der Waals surface area contributed by atoms with Crippen LogP contribution in [-0.2, 0) is 6.54 Å². The van der Waals surface area contributed by atoms with Crippen molar-refractivity contribution >= 4 is 11.5 Å². The largest absolute Gasteiger partial charge is 0.496 e. The fraction of sp³-hybridized carbons (Fsp3) is 0.100. The van der Waals surface area contributed by atoms with Gasteiger partial charge in [-0.15, -0.1) is 0 Å². The van der Waals surface area contributed by atoms with Gasteiger partial charge in [0.05, 0.1) is 13.3 Å². The highest BCUT2D eigenvalue weighted by Crippen LogP contribution is 2.35. The monoisotopic (exact) mass is 348 g/mol. The summed E-state index contributed by atoms with van der Waals surface area (Å²) in [4.78, 5) is 8.86.